The van der Waals surface area contributed by atoms with Crippen molar-refractivity contribution in [3.63, 3.8) is 0 Å². The van der Waals surface area contributed by atoms with Crippen LogP contribution in [0.1, 0.15) is 12.5 Å². The fourth-order valence-corrected chi connectivity index (χ4v) is 2.17. The molecule has 0 aliphatic carbocycles. The highest BCUT2D eigenvalue weighted by Gasteiger charge is 2.10. The smallest absolute Gasteiger partial charge is 0.146 e. The molecular formula is C13H20ClFN2. The van der Waals surface area contributed by atoms with E-state index in [1.54, 1.807) is 18.2 Å². The van der Waals surface area contributed by atoms with Crippen LogP contribution in [-0.2, 0) is 6.54 Å². The van der Waals surface area contributed by atoms with Crippen molar-refractivity contribution >= 4 is 11.6 Å². The standard InChI is InChI=1S/C13H20ClFN2/c1-10(7-16-2)8-17(3)9-11-5-4-6-12(14)13(11)15/h4-6,10,16H,7-9H2,1-3H3. The van der Waals surface area contributed by atoms with E-state index < -0.39 is 0 Å². The van der Waals surface area contributed by atoms with Crippen molar-refractivity contribution in [3.8, 4) is 0 Å². The molecule has 0 heterocycles. The van der Waals surface area contributed by atoms with Gasteiger partial charge in [-0.1, -0.05) is 30.7 Å². The molecule has 0 saturated carbocycles. The van der Waals surface area contributed by atoms with E-state index in [2.05, 4.69) is 17.1 Å². The number of hydrogen-bond donors (Lipinski definition) is 1. The van der Waals surface area contributed by atoms with Gasteiger partial charge in [0, 0.05) is 18.7 Å². The summed E-state index contributed by atoms with van der Waals surface area (Å²) in [6.45, 7) is 4.64. The molecule has 0 saturated heterocycles. The maximum absolute atomic E-state index is 13.7. The Hall–Kier alpha value is -0.640. The zero-order chi connectivity index (χ0) is 12.8. The van der Waals surface area contributed by atoms with Crippen LogP contribution in [0.5, 0.6) is 0 Å². The summed E-state index contributed by atoms with van der Waals surface area (Å²) in [5.41, 5.74) is 0.650. The third-order valence-electron chi connectivity index (χ3n) is 2.65. The van der Waals surface area contributed by atoms with E-state index in [0.29, 0.717) is 18.0 Å². The average Bonchev–Trinajstić information content (AvgIpc) is 2.25. The molecule has 1 aromatic carbocycles. The molecule has 1 N–H and O–H groups in total. The molecule has 0 fully saturated rings. The Balaban J connectivity index is 2.56. The van der Waals surface area contributed by atoms with Gasteiger partial charge in [0.2, 0.25) is 0 Å². The second-order valence-electron chi connectivity index (χ2n) is 4.57. The summed E-state index contributed by atoms with van der Waals surface area (Å²) in [6.07, 6.45) is 0. The number of halogens is 2. The van der Waals surface area contributed by atoms with Crippen LogP contribution < -0.4 is 5.32 Å². The molecule has 0 aromatic heterocycles. The van der Waals surface area contributed by atoms with Crippen LogP contribution >= 0.6 is 11.6 Å². The van der Waals surface area contributed by atoms with Crippen LogP contribution in [0.25, 0.3) is 0 Å². The Morgan fingerprint density at radius 1 is 1.47 bits per heavy atom. The largest absolute Gasteiger partial charge is 0.319 e. The summed E-state index contributed by atoms with van der Waals surface area (Å²) in [5, 5.41) is 3.33. The number of nitrogens with zero attached hydrogens (tertiary/aromatic N) is 1. The first kappa shape index (κ1) is 14.4. The minimum absolute atomic E-state index is 0.194. The van der Waals surface area contributed by atoms with Gasteiger partial charge in [0.05, 0.1) is 5.02 Å². The van der Waals surface area contributed by atoms with Crippen LogP contribution in [0.3, 0.4) is 0 Å². The molecule has 4 heteroatoms. The third kappa shape index (κ3) is 4.62. The van der Waals surface area contributed by atoms with E-state index in [1.165, 1.54) is 0 Å². The maximum atomic E-state index is 13.7. The lowest BCUT2D eigenvalue weighted by atomic mass is 10.1. The fraction of sp³-hybridized carbons (Fsp3) is 0.538. The van der Waals surface area contributed by atoms with Crippen molar-refractivity contribution in [1.29, 1.82) is 0 Å². The molecule has 0 spiro atoms. The van der Waals surface area contributed by atoms with Gasteiger partial charge in [-0.3, -0.25) is 0 Å². The second kappa shape index (κ2) is 6.94. The topological polar surface area (TPSA) is 15.3 Å². The van der Waals surface area contributed by atoms with E-state index in [4.69, 9.17) is 11.6 Å². The third-order valence-corrected chi connectivity index (χ3v) is 2.94. The molecule has 0 bridgehead atoms. The van der Waals surface area contributed by atoms with E-state index in [0.717, 1.165) is 13.1 Å². The van der Waals surface area contributed by atoms with Gasteiger partial charge in [0.1, 0.15) is 5.82 Å². The molecule has 17 heavy (non-hydrogen) atoms. The molecule has 0 amide bonds. The van der Waals surface area contributed by atoms with Crippen molar-refractivity contribution < 1.29 is 4.39 Å². The van der Waals surface area contributed by atoms with Gasteiger partial charge < -0.3 is 10.2 Å². The van der Waals surface area contributed by atoms with E-state index in [9.17, 15) is 4.39 Å². The van der Waals surface area contributed by atoms with Crippen molar-refractivity contribution in [2.45, 2.75) is 13.5 Å². The summed E-state index contributed by atoms with van der Waals surface area (Å²) in [6, 6.07) is 5.14. The number of hydrogen-bond acceptors (Lipinski definition) is 2. The van der Waals surface area contributed by atoms with Gasteiger partial charge in [0.15, 0.2) is 0 Å². The zero-order valence-corrected chi connectivity index (χ0v) is 11.4. The van der Waals surface area contributed by atoms with Crippen LogP contribution in [0, 0.1) is 11.7 Å². The molecule has 1 rings (SSSR count). The quantitative estimate of drug-likeness (QED) is 0.844. The highest BCUT2D eigenvalue weighted by molar-refractivity contribution is 6.30. The zero-order valence-electron chi connectivity index (χ0n) is 10.6. The first-order chi connectivity index (χ1) is 8.04. The molecule has 0 aliphatic heterocycles. The summed E-state index contributed by atoms with van der Waals surface area (Å²) in [4.78, 5) is 2.11. The lowest BCUT2D eigenvalue weighted by Gasteiger charge is -2.21. The number of benzene rings is 1. The van der Waals surface area contributed by atoms with Crippen molar-refractivity contribution in [2.75, 3.05) is 27.2 Å². The SMILES string of the molecule is CNCC(C)CN(C)Cc1cccc(Cl)c1F. The molecule has 1 atom stereocenters. The Morgan fingerprint density at radius 3 is 2.82 bits per heavy atom. The van der Waals surface area contributed by atoms with Crippen LogP contribution in [0.15, 0.2) is 18.2 Å². The Bertz CT molecular complexity index is 357. The highest BCUT2D eigenvalue weighted by atomic mass is 35.5. The number of rotatable bonds is 6. The first-order valence-corrected chi connectivity index (χ1v) is 6.18. The van der Waals surface area contributed by atoms with Gasteiger partial charge in [-0.2, -0.15) is 0 Å². The normalized spacial score (nSPS) is 13.1. The van der Waals surface area contributed by atoms with Crippen LogP contribution in [-0.4, -0.2) is 32.1 Å². The lowest BCUT2D eigenvalue weighted by Crippen LogP contribution is -2.29. The summed E-state index contributed by atoms with van der Waals surface area (Å²) >= 11 is 5.75. The first-order valence-electron chi connectivity index (χ1n) is 5.80. The van der Waals surface area contributed by atoms with Gasteiger partial charge in [-0.25, -0.2) is 4.39 Å². The van der Waals surface area contributed by atoms with E-state index in [1.807, 2.05) is 14.1 Å². The second-order valence-corrected chi connectivity index (χ2v) is 4.98. The highest BCUT2D eigenvalue weighted by Crippen LogP contribution is 2.19. The predicted molar refractivity (Wildman–Crippen MR) is 70.8 cm³/mol. The monoisotopic (exact) mass is 258 g/mol. The molecule has 0 aliphatic rings. The summed E-state index contributed by atoms with van der Waals surface area (Å²) in [7, 11) is 3.93. The predicted octanol–water partition coefficient (Wildman–Crippen LogP) is 2.77. The summed E-state index contributed by atoms with van der Waals surface area (Å²) < 4.78 is 13.7. The van der Waals surface area contributed by atoms with Crippen molar-refractivity contribution in [3.05, 3.63) is 34.6 Å². The average molecular weight is 259 g/mol. The fourth-order valence-electron chi connectivity index (χ4n) is 1.97. The Labute approximate surface area is 108 Å². The van der Waals surface area contributed by atoms with Gasteiger partial charge in [-0.05, 0) is 32.6 Å². The van der Waals surface area contributed by atoms with Gasteiger partial charge in [0.25, 0.3) is 0 Å². The minimum Gasteiger partial charge on any atom is -0.319 e. The summed E-state index contributed by atoms with van der Waals surface area (Å²) in [5.74, 6) is 0.231. The molecule has 0 radical (unpaired) electrons. The Morgan fingerprint density at radius 2 is 2.18 bits per heavy atom. The van der Waals surface area contributed by atoms with Gasteiger partial charge >= 0.3 is 0 Å². The molecule has 2 nitrogen and oxygen atoms in total. The van der Waals surface area contributed by atoms with Crippen molar-refractivity contribution in [1.82, 2.24) is 10.2 Å². The maximum Gasteiger partial charge on any atom is 0.146 e. The van der Waals surface area contributed by atoms with Crippen molar-refractivity contribution in [2.24, 2.45) is 5.92 Å². The van der Waals surface area contributed by atoms with Crippen LogP contribution in [0.2, 0.25) is 5.02 Å². The lowest BCUT2D eigenvalue weighted by molar-refractivity contribution is 0.273. The molecular weight excluding hydrogens is 239 g/mol. The molecule has 1 unspecified atom stereocenters. The minimum atomic E-state index is -0.303. The van der Waals surface area contributed by atoms with E-state index >= 15 is 0 Å². The molecule has 1 aromatic rings. The van der Waals surface area contributed by atoms with E-state index in [-0.39, 0.29) is 10.8 Å². The molecule has 96 valence electrons. The van der Waals surface area contributed by atoms with Gasteiger partial charge in [-0.15, -0.1) is 0 Å². The Kier molecular flexibility index (Phi) is 5.89. The number of nitrogens with one attached hydrogen (secondary N) is 1. The van der Waals surface area contributed by atoms with Crippen LogP contribution in [0.4, 0.5) is 4.39 Å².